The highest BCUT2D eigenvalue weighted by molar-refractivity contribution is 14.1. The molecule has 0 aromatic heterocycles. The van der Waals surface area contributed by atoms with Crippen LogP contribution in [0.4, 0.5) is 14.9 Å². The Morgan fingerprint density at radius 1 is 1.24 bits per heavy atom. The molecule has 0 saturated carbocycles. The van der Waals surface area contributed by atoms with E-state index in [0.29, 0.717) is 14.9 Å². The number of aliphatic hydroxyl groups excluding tert-OH is 1. The van der Waals surface area contributed by atoms with Gasteiger partial charge in [-0.2, -0.15) is 0 Å². The first-order chi connectivity index (χ1) is 16.2. The van der Waals surface area contributed by atoms with Gasteiger partial charge >= 0.3 is 6.03 Å². The predicted octanol–water partition coefficient (Wildman–Crippen LogP) is 1.67. The van der Waals surface area contributed by atoms with Gasteiger partial charge in [-0.1, -0.05) is 12.1 Å². The molecule has 3 rings (SSSR count). The topological polar surface area (TPSA) is 151 Å². The van der Waals surface area contributed by atoms with Crippen LogP contribution in [0, 0.1) is 9.39 Å². The Balaban J connectivity index is 1.82. The first-order valence-electron chi connectivity index (χ1n) is 10.2. The van der Waals surface area contributed by atoms with Crippen molar-refractivity contribution >= 4 is 52.0 Å². The highest BCUT2D eigenvalue weighted by atomic mass is 127. The number of urea groups is 1. The van der Waals surface area contributed by atoms with Gasteiger partial charge in [-0.3, -0.25) is 14.4 Å². The number of nitrogens with zero attached hydrogens (tertiary/aromatic N) is 1. The first kappa shape index (κ1) is 25.4. The van der Waals surface area contributed by atoms with Crippen LogP contribution in [-0.2, 0) is 14.4 Å². The lowest BCUT2D eigenvalue weighted by Crippen LogP contribution is -2.48. The number of hydrogen-bond acceptors (Lipinski definition) is 6. The zero-order valence-corrected chi connectivity index (χ0v) is 20.0. The van der Waals surface area contributed by atoms with Gasteiger partial charge in [0.05, 0.1) is 12.3 Å². The number of benzene rings is 2. The molecule has 5 amide bonds. The summed E-state index contributed by atoms with van der Waals surface area (Å²) < 4.78 is 20.1. The van der Waals surface area contributed by atoms with E-state index in [4.69, 9.17) is 15.6 Å². The minimum absolute atomic E-state index is 0.101. The largest absolute Gasteiger partial charge is 0.491 e. The fraction of sp³-hybridized carbons (Fsp3) is 0.273. The Labute approximate surface area is 207 Å². The third kappa shape index (κ3) is 5.99. The summed E-state index contributed by atoms with van der Waals surface area (Å²) in [4.78, 5) is 50.9. The highest BCUT2D eigenvalue weighted by Gasteiger charge is 2.45. The van der Waals surface area contributed by atoms with E-state index in [-0.39, 0.29) is 31.7 Å². The molecule has 180 valence electrons. The number of nitrogens with two attached hydrogens (primary N) is 1. The van der Waals surface area contributed by atoms with Gasteiger partial charge in [0.25, 0.3) is 5.91 Å². The molecule has 0 unspecified atom stereocenters. The molecule has 1 fully saturated rings. The number of carbonyl (C=O) groups excluding carboxylic acids is 4. The van der Waals surface area contributed by atoms with Crippen molar-refractivity contribution in [1.29, 1.82) is 0 Å². The average molecular weight is 584 g/mol. The highest BCUT2D eigenvalue weighted by Crippen LogP contribution is 2.27. The molecule has 5 N–H and O–H groups in total. The second-order valence-corrected chi connectivity index (χ2v) is 8.61. The number of nitrogens with one attached hydrogen (secondary N) is 2. The molecule has 2 atom stereocenters. The normalized spacial score (nSPS) is 16.2. The van der Waals surface area contributed by atoms with Crippen LogP contribution in [0.25, 0.3) is 0 Å². The number of amides is 5. The third-order valence-electron chi connectivity index (χ3n) is 5.01. The number of imide groups is 1. The van der Waals surface area contributed by atoms with Gasteiger partial charge in [-0.05, 0) is 64.9 Å². The number of halogens is 2. The lowest BCUT2D eigenvalue weighted by molar-refractivity contribution is -0.134. The summed E-state index contributed by atoms with van der Waals surface area (Å²) in [5.41, 5.74) is 5.52. The first-order valence-corrected chi connectivity index (χ1v) is 11.3. The zero-order chi connectivity index (χ0) is 24.8. The molecule has 10 nitrogen and oxygen atoms in total. The van der Waals surface area contributed by atoms with Crippen LogP contribution >= 0.6 is 22.6 Å². The third-order valence-corrected chi connectivity index (χ3v) is 5.68. The molecule has 1 aliphatic heterocycles. The van der Waals surface area contributed by atoms with Crippen LogP contribution < -0.4 is 21.1 Å². The van der Waals surface area contributed by atoms with E-state index < -0.39 is 41.7 Å². The number of primary amides is 1. The minimum atomic E-state index is -1.39. The predicted molar refractivity (Wildman–Crippen MR) is 127 cm³/mol. The van der Waals surface area contributed by atoms with Crippen LogP contribution in [-0.4, -0.2) is 53.0 Å². The second kappa shape index (κ2) is 11.2. The summed E-state index contributed by atoms with van der Waals surface area (Å²) in [6, 6.07) is 7.14. The number of rotatable bonds is 10. The van der Waals surface area contributed by atoms with Crippen molar-refractivity contribution in [3.63, 3.8) is 0 Å². The van der Waals surface area contributed by atoms with Crippen molar-refractivity contribution in [3.05, 3.63) is 57.4 Å². The summed E-state index contributed by atoms with van der Waals surface area (Å²) in [6.45, 7) is -0.0568. The van der Waals surface area contributed by atoms with Crippen molar-refractivity contribution in [2.24, 2.45) is 5.73 Å². The lowest BCUT2D eigenvalue weighted by Gasteiger charge is -2.24. The van der Waals surface area contributed by atoms with Gasteiger partial charge in [0.2, 0.25) is 11.8 Å². The van der Waals surface area contributed by atoms with Gasteiger partial charge in [0.15, 0.2) is 0 Å². The van der Waals surface area contributed by atoms with Gasteiger partial charge in [0.1, 0.15) is 30.3 Å². The fourth-order valence-corrected chi connectivity index (χ4v) is 3.85. The Morgan fingerprint density at radius 3 is 2.56 bits per heavy atom. The van der Waals surface area contributed by atoms with Gasteiger partial charge in [-0.25, -0.2) is 14.1 Å². The van der Waals surface area contributed by atoms with E-state index in [9.17, 15) is 23.6 Å². The Kier molecular flexibility index (Phi) is 8.39. The van der Waals surface area contributed by atoms with Crippen LogP contribution in [0.5, 0.6) is 5.75 Å². The van der Waals surface area contributed by atoms with Crippen LogP contribution in [0.15, 0.2) is 42.5 Å². The molecule has 2 aromatic rings. The van der Waals surface area contributed by atoms with E-state index in [1.54, 1.807) is 30.3 Å². The molecular formula is C22H22FIN4O6. The maximum absolute atomic E-state index is 14.2. The molecule has 0 spiro atoms. The van der Waals surface area contributed by atoms with Crippen molar-refractivity contribution in [2.75, 3.05) is 18.5 Å². The quantitative estimate of drug-likeness (QED) is 0.247. The molecule has 2 aromatic carbocycles. The molecule has 34 heavy (non-hydrogen) atoms. The number of anilines is 1. The SMILES string of the molecule is NC(=O)CC[C@@H](C(=O)Nc1ccc(I)cc1F)N1C(=O)N[C@H](c2ccc(OCCO)cc2)C1=O. The van der Waals surface area contributed by atoms with E-state index in [0.717, 1.165) is 4.90 Å². The van der Waals surface area contributed by atoms with E-state index in [2.05, 4.69) is 10.6 Å². The maximum atomic E-state index is 14.2. The minimum Gasteiger partial charge on any atom is -0.491 e. The van der Waals surface area contributed by atoms with E-state index in [1.807, 2.05) is 22.6 Å². The average Bonchev–Trinajstić information content (AvgIpc) is 3.09. The monoisotopic (exact) mass is 584 g/mol. The summed E-state index contributed by atoms with van der Waals surface area (Å²) in [7, 11) is 0. The molecule has 1 saturated heterocycles. The molecule has 1 heterocycles. The summed E-state index contributed by atoms with van der Waals surface area (Å²) in [5.74, 6) is -2.49. The standard InChI is InChI=1S/C22H22FIN4O6/c23-15-11-13(24)3-6-16(15)26-20(31)17(7-8-18(25)30)28-21(32)19(27-22(28)33)12-1-4-14(5-2-12)34-10-9-29/h1-6,11,17,19,29H,7-10H2,(H2,25,30)(H,26,31)(H,27,33)/t17-,19+/m0/s1. The Hall–Kier alpha value is -3.26. The second-order valence-electron chi connectivity index (χ2n) is 7.37. The molecule has 1 aliphatic rings. The number of carbonyl (C=O) groups is 4. The fourth-order valence-electron chi connectivity index (χ4n) is 3.40. The molecule has 0 bridgehead atoms. The van der Waals surface area contributed by atoms with Gasteiger partial charge in [-0.15, -0.1) is 0 Å². The van der Waals surface area contributed by atoms with Crippen molar-refractivity contribution in [3.8, 4) is 5.75 Å². The number of ether oxygens (including phenoxy) is 1. The molecular weight excluding hydrogens is 562 g/mol. The Morgan fingerprint density at radius 2 is 1.94 bits per heavy atom. The van der Waals surface area contributed by atoms with Crippen LogP contribution in [0.2, 0.25) is 0 Å². The molecule has 12 heteroatoms. The maximum Gasteiger partial charge on any atom is 0.325 e. The Bertz CT molecular complexity index is 1100. The summed E-state index contributed by atoms with van der Waals surface area (Å²) in [6.07, 6.45) is -0.501. The lowest BCUT2D eigenvalue weighted by atomic mass is 10.0. The van der Waals surface area contributed by atoms with Crippen molar-refractivity contribution in [2.45, 2.75) is 24.9 Å². The van der Waals surface area contributed by atoms with Crippen molar-refractivity contribution < 1.29 is 33.4 Å². The summed E-state index contributed by atoms with van der Waals surface area (Å²) in [5, 5.41) is 13.7. The van der Waals surface area contributed by atoms with Crippen LogP contribution in [0.1, 0.15) is 24.4 Å². The van der Waals surface area contributed by atoms with Gasteiger partial charge < -0.3 is 26.2 Å². The number of aliphatic hydroxyl groups is 1. The van der Waals surface area contributed by atoms with Crippen LogP contribution in [0.3, 0.4) is 0 Å². The van der Waals surface area contributed by atoms with E-state index in [1.165, 1.54) is 12.1 Å². The van der Waals surface area contributed by atoms with E-state index >= 15 is 0 Å². The molecule has 0 aliphatic carbocycles. The summed E-state index contributed by atoms with van der Waals surface area (Å²) >= 11 is 1.91. The smallest absolute Gasteiger partial charge is 0.325 e. The van der Waals surface area contributed by atoms with Crippen molar-refractivity contribution in [1.82, 2.24) is 10.2 Å². The number of hydrogen-bond donors (Lipinski definition) is 4. The molecule has 0 radical (unpaired) electrons. The van der Waals surface area contributed by atoms with Gasteiger partial charge in [0, 0.05) is 9.99 Å². The zero-order valence-electron chi connectivity index (χ0n) is 17.8.